The number of carbonyl (C=O) groups excluding carboxylic acids is 1. The van der Waals surface area contributed by atoms with E-state index in [0.29, 0.717) is 26.4 Å². The molecule has 2 N–H and O–H groups in total. The molecule has 1 rings (SSSR count). The van der Waals surface area contributed by atoms with Gasteiger partial charge in [-0.3, -0.25) is 0 Å². The average molecular weight is 264 g/mol. The van der Waals surface area contributed by atoms with Crippen molar-refractivity contribution in [3.63, 3.8) is 0 Å². The van der Waals surface area contributed by atoms with E-state index in [1.807, 2.05) is 24.3 Å². The van der Waals surface area contributed by atoms with E-state index in [2.05, 4.69) is 17.2 Å². The minimum absolute atomic E-state index is 0.252. The lowest BCUT2D eigenvalue weighted by molar-refractivity contribution is 0.0617. The van der Waals surface area contributed by atoms with Gasteiger partial charge in [0.15, 0.2) is 0 Å². The first-order valence-electron chi connectivity index (χ1n) is 6.07. The third kappa shape index (κ3) is 6.59. The predicted octanol–water partition coefficient (Wildman–Crippen LogP) is 2.16. The van der Waals surface area contributed by atoms with Crippen molar-refractivity contribution in [3.05, 3.63) is 42.5 Å². The highest BCUT2D eigenvalue weighted by Gasteiger charge is 2.01. The maximum Gasteiger partial charge on any atom is 0.319 e. The van der Waals surface area contributed by atoms with Crippen molar-refractivity contribution < 1.29 is 14.3 Å². The number of hydrogen-bond donors (Lipinski definition) is 2. The van der Waals surface area contributed by atoms with Crippen molar-refractivity contribution in [2.24, 2.45) is 0 Å². The molecule has 1 aromatic rings. The summed E-state index contributed by atoms with van der Waals surface area (Å²) in [7, 11) is 1.63. The van der Waals surface area contributed by atoms with Crippen LogP contribution in [-0.2, 0) is 16.1 Å². The van der Waals surface area contributed by atoms with Crippen molar-refractivity contribution in [3.8, 4) is 0 Å². The molecule has 0 unspecified atom stereocenters. The maximum absolute atomic E-state index is 11.5. The third-order valence-electron chi connectivity index (χ3n) is 2.29. The fourth-order valence-corrected chi connectivity index (χ4v) is 1.41. The Labute approximate surface area is 113 Å². The molecule has 104 valence electrons. The topological polar surface area (TPSA) is 59.6 Å². The summed E-state index contributed by atoms with van der Waals surface area (Å²) >= 11 is 0. The second kappa shape index (κ2) is 9.13. The van der Waals surface area contributed by atoms with Crippen LogP contribution in [0.2, 0.25) is 0 Å². The SMILES string of the molecule is C=CCNC(=O)Nc1cccc(COCCOC)c1. The molecule has 0 aliphatic heterocycles. The van der Waals surface area contributed by atoms with Gasteiger partial charge in [0.05, 0.1) is 19.8 Å². The van der Waals surface area contributed by atoms with Crippen LogP contribution in [0.25, 0.3) is 0 Å². The van der Waals surface area contributed by atoms with Crippen LogP contribution in [0, 0.1) is 0 Å². The Morgan fingerprint density at radius 1 is 1.42 bits per heavy atom. The minimum Gasteiger partial charge on any atom is -0.382 e. The van der Waals surface area contributed by atoms with Crippen molar-refractivity contribution in [1.82, 2.24) is 5.32 Å². The second-order valence-corrected chi connectivity index (χ2v) is 3.87. The molecule has 2 amide bonds. The van der Waals surface area contributed by atoms with Gasteiger partial charge in [0.25, 0.3) is 0 Å². The number of amides is 2. The molecule has 0 aromatic heterocycles. The Bertz CT molecular complexity index is 407. The Balaban J connectivity index is 2.42. The molecular weight excluding hydrogens is 244 g/mol. The lowest BCUT2D eigenvalue weighted by Gasteiger charge is -2.08. The molecule has 0 aliphatic rings. The van der Waals surface area contributed by atoms with Gasteiger partial charge in [-0.2, -0.15) is 0 Å². The van der Waals surface area contributed by atoms with Crippen molar-refractivity contribution >= 4 is 11.7 Å². The molecule has 0 aliphatic carbocycles. The summed E-state index contributed by atoms with van der Waals surface area (Å²) in [6, 6.07) is 7.27. The number of urea groups is 1. The van der Waals surface area contributed by atoms with E-state index in [-0.39, 0.29) is 6.03 Å². The zero-order valence-corrected chi connectivity index (χ0v) is 11.1. The van der Waals surface area contributed by atoms with Crippen LogP contribution >= 0.6 is 0 Å². The van der Waals surface area contributed by atoms with Gasteiger partial charge in [0.2, 0.25) is 0 Å². The molecular formula is C14H20N2O3. The molecule has 0 heterocycles. The first-order chi connectivity index (χ1) is 9.26. The van der Waals surface area contributed by atoms with Crippen LogP contribution in [0.5, 0.6) is 0 Å². The van der Waals surface area contributed by atoms with Gasteiger partial charge in [-0.1, -0.05) is 18.2 Å². The number of methoxy groups -OCH3 is 1. The summed E-state index contributed by atoms with van der Waals surface area (Å²) in [5.41, 5.74) is 1.73. The van der Waals surface area contributed by atoms with E-state index in [4.69, 9.17) is 9.47 Å². The monoisotopic (exact) mass is 264 g/mol. The number of nitrogens with one attached hydrogen (secondary N) is 2. The number of hydrogen-bond acceptors (Lipinski definition) is 3. The molecule has 0 fully saturated rings. The van der Waals surface area contributed by atoms with Crippen molar-refractivity contribution in [2.45, 2.75) is 6.61 Å². The molecule has 0 saturated carbocycles. The van der Waals surface area contributed by atoms with E-state index in [1.54, 1.807) is 13.2 Å². The second-order valence-electron chi connectivity index (χ2n) is 3.87. The van der Waals surface area contributed by atoms with E-state index < -0.39 is 0 Å². The molecule has 19 heavy (non-hydrogen) atoms. The summed E-state index contributed by atoms with van der Waals surface area (Å²) < 4.78 is 10.3. The zero-order valence-electron chi connectivity index (χ0n) is 11.1. The van der Waals surface area contributed by atoms with Crippen molar-refractivity contribution in [1.29, 1.82) is 0 Å². The highest BCUT2D eigenvalue weighted by molar-refractivity contribution is 5.89. The quantitative estimate of drug-likeness (QED) is 0.559. The normalized spacial score (nSPS) is 9.95. The Kier molecular flexibility index (Phi) is 7.31. The van der Waals surface area contributed by atoms with Gasteiger partial charge in [0.1, 0.15) is 0 Å². The van der Waals surface area contributed by atoms with Gasteiger partial charge in [-0.15, -0.1) is 6.58 Å². The number of anilines is 1. The summed E-state index contributed by atoms with van der Waals surface area (Å²) in [4.78, 5) is 11.5. The van der Waals surface area contributed by atoms with Crippen LogP contribution in [0.4, 0.5) is 10.5 Å². The van der Waals surface area contributed by atoms with Gasteiger partial charge < -0.3 is 20.1 Å². The fourth-order valence-electron chi connectivity index (χ4n) is 1.41. The maximum atomic E-state index is 11.5. The Morgan fingerprint density at radius 3 is 3.00 bits per heavy atom. The smallest absolute Gasteiger partial charge is 0.319 e. The lowest BCUT2D eigenvalue weighted by atomic mass is 10.2. The van der Waals surface area contributed by atoms with Crippen LogP contribution in [0.1, 0.15) is 5.56 Å². The summed E-state index contributed by atoms with van der Waals surface area (Å²) in [6.45, 7) is 5.58. The third-order valence-corrected chi connectivity index (χ3v) is 2.29. The first-order valence-corrected chi connectivity index (χ1v) is 6.07. The van der Waals surface area contributed by atoms with E-state index in [9.17, 15) is 4.79 Å². The largest absolute Gasteiger partial charge is 0.382 e. The molecule has 1 aromatic carbocycles. The molecule has 0 bridgehead atoms. The molecule has 0 saturated heterocycles. The number of ether oxygens (including phenoxy) is 2. The van der Waals surface area contributed by atoms with E-state index in [0.717, 1.165) is 11.3 Å². The van der Waals surface area contributed by atoms with Gasteiger partial charge in [-0.25, -0.2) is 4.79 Å². The van der Waals surface area contributed by atoms with E-state index in [1.165, 1.54) is 0 Å². The number of rotatable bonds is 8. The highest BCUT2D eigenvalue weighted by Crippen LogP contribution is 2.11. The fraction of sp³-hybridized carbons (Fsp3) is 0.357. The van der Waals surface area contributed by atoms with Gasteiger partial charge in [-0.05, 0) is 17.7 Å². The molecule has 5 nitrogen and oxygen atoms in total. The Hall–Kier alpha value is -1.85. The standard InChI is InChI=1S/C14H20N2O3/c1-3-7-15-14(17)16-13-6-4-5-12(10-13)11-19-9-8-18-2/h3-6,10H,1,7-9,11H2,2H3,(H2,15,16,17). The Morgan fingerprint density at radius 2 is 2.26 bits per heavy atom. The van der Waals surface area contributed by atoms with E-state index >= 15 is 0 Å². The summed E-state index contributed by atoms with van der Waals surface area (Å²) in [5.74, 6) is 0. The lowest BCUT2D eigenvalue weighted by Crippen LogP contribution is -2.28. The van der Waals surface area contributed by atoms with Crippen molar-refractivity contribution in [2.75, 3.05) is 32.2 Å². The molecule has 0 atom stereocenters. The summed E-state index contributed by atoms with van der Waals surface area (Å²) in [5, 5.41) is 5.38. The van der Waals surface area contributed by atoms with Gasteiger partial charge >= 0.3 is 6.03 Å². The number of carbonyl (C=O) groups is 1. The first kappa shape index (κ1) is 15.2. The van der Waals surface area contributed by atoms with Crippen LogP contribution in [0.3, 0.4) is 0 Å². The highest BCUT2D eigenvalue weighted by atomic mass is 16.5. The van der Waals surface area contributed by atoms with Crippen LogP contribution in [0.15, 0.2) is 36.9 Å². The predicted molar refractivity (Wildman–Crippen MR) is 75.2 cm³/mol. The molecule has 5 heteroatoms. The summed E-state index contributed by atoms with van der Waals surface area (Å²) in [6.07, 6.45) is 1.62. The van der Waals surface area contributed by atoms with Crippen LogP contribution < -0.4 is 10.6 Å². The van der Waals surface area contributed by atoms with Gasteiger partial charge in [0, 0.05) is 19.3 Å². The molecule has 0 spiro atoms. The minimum atomic E-state index is -0.252. The molecule has 0 radical (unpaired) electrons. The average Bonchev–Trinajstić information content (AvgIpc) is 2.42. The van der Waals surface area contributed by atoms with Crippen LogP contribution in [-0.4, -0.2) is 32.9 Å². The zero-order chi connectivity index (χ0) is 13.9. The number of benzene rings is 1.